The number of carbonyl (C=O) groups excluding carboxylic acids is 2. The largest absolute Gasteiger partial charge is 0.456 e. The van der Waals surface area contributed by atoms with Gasteiger partial charge in [0.15, 0.2) is 0 Å². The molecule has 2 aliphatic rings. The summed E-state index contributed by atoms with van der Waals surface area (Å²) in [4.78, 5) is 26.4. The molecule has 0 radical (unpaired) electrons. The quantitative estimate of drug-likeness (QED) is 0.582. The molecule has 2 amide bonds. The van der Waals surface area contributed by atoms with Gasteiger partial charge in [-0.25, -0.2) is 0 Å². The van der Waals surface area contributed by atoms with Gasteiger partial charge in [0.25, 0.3) is 5.91 Å². The molecule has 1 unspecified atom stereocenters. The molecule has 0 saturated carbocycles. The average Bonchev–Trinajstić information content (AvgIpc) is 3.34. The Morgan fingerprint density at radius 3 is 2.63 bits per heavy atom. The van der Waals surface area contributed by atoms with E-state index in [1.807, 2.05) is 34.0 Å². The van der Waals surface area contributed by atoms with E-state index in [1.54, 1.807) is 25.1 Å². The number of amides is 2. The lowest BCUT2D eigenvalue weighted by atomic mass is 9.92. The van der Waals surface area contributed by atoms with Crippen LogP contribution in [0.15, 0.2) is 48.8 Å². The van der Waals surface area contributed by atoms with Crippen molar-refractivity contribution in [2.24, 2.45) is 5.73 Å². The van der Waals surface area contributed by atoms with E-state index < -0.39 is 5.91 Å². The van der Waals surface area contributed by atoms with Crippen LogP contribution in [-0.2, 0) is 11.2 Å². The highest BCUT2D eigenvalue weighted by Gasteiger charge is 2.31. The van der Waals surface area contributed by atoms with Crippen molar-refractivity contribution in [3.63, 3.8) is 0 Å². The number of anilines is 1. The Morgan fingerprint density at radius 2 is 1.89 bits per heavy atom. The number of hydrogen-bond donors (Lipinski definition) is 2. The number of para-hydroxylation sites is 1. The van der Waals surface area contributed by atoms with Crippen molar-refractivity contribution in [3.8, 4) is 22.6 Å². The van der Waals surface area contributed by atoms with E-state index in [9.17, 15) is 9.59 Å². The monoisotopic (exact) mass is 473 g/mol. The zero-order valence-electron chi connectivity index (χ0n) is 20.2. The van der Waals surface area contributed by atoms with Gasteiger partial charge in [-0.3, -0.25) is 14.3 Å². The van der Waals surface area contributed by atoms with Gasteiger partial charge in [0.1, 0.15) is 11.5 Å². The van der Waals surface area contributed by atoms with Crippen LogP contribution in [0.4, 0.5) is 5.69 Å². The van der Waals surface area contributed by atoms with Gasteiger partial charge in [0.2, 0.25) is 5.91 Å². The van der Waals surface area contributed by atoms with Gasteiger partial charge in [-0.1, -0.05) is 12.1 Å². The summed E-state index contributed by atoms with van der Waals surface area (Å²) >= 11 is 0. The van der Waals surface area contributed by atoms with Crippen LogP contribution in [0.2, 0.25) is 0 Å². The first-order valence-corrected chi connectivity index (χ1v) is 12.2. The Balaban J connectivity index is 1.63. The molecule has 8 heteroatoms. The zero-order chi connectivity index (χ0) is 24.5. The minimum absolute atomic E-state index is 0.00610. The van der Waals surface area contributed by atoms with E-state index in [2.05, 4.69) is 23.5 Å². The van der Waals surface area contributed by atoms with Gasteiger partial charge in [0, 0.05) is 35.9 Å². The normalized spacial score (nSPS) is 18.2. The molecule has 8 nitrogen and oxygen atoms in total. The lowest BCUT2D eigenvalue weighted by Crippen LogP contribution is -2.40. The summed E-state index contributed by atoms with van der Waals surface area (Å²) in [5.41, 5.74) is 9.55. The van der Waals surface area contributed by atoms with E-state index in [-0.39, 0.29) is 11.9 Å². The molecule has 182 valence electrons. The van der Waals surface area contributed by atoms with Crippen LogP contribution >= 0.6 is 0 Å². The van der Waals surface area contributed by atoms with Crippen molar-refractivity contribution in [1.82, 2.24) is 15.1 Å². The third kappa shape index (κ3) is 4.41. The lowest BCUT2D eigenvalue weighted by molar-refractivity contribution is -0.117. The molecule has 0 aliphatic carbocycles. The predicted octanol–water partition coefficient (Wildman–Crippen LogP) is 4.05. The third-order valence-electron chi connectivity index (χ3n) is 7.05. The molecule has 1 aromatic heterocycles. The van der Waals surface area contributed by atoms with Crippen LogP contribution in [-0.4, -0.2) is 40.7 Å². The molecule has 3 heterocycles. The van der Waals surface area contributed by atoms with Crippen molar-refractivity contribution < 1.29 is 14.3 Å². The maximum absolute atomic E-state index is 12.5. The number of carbonyl (C=O) groups is 2. The number of aromatic nitrogens is 2. The number of fused-ring (bicyclic) bond motifs is 1. The zero-order valence-corrected chi connectivity index (χ0v) is 20.2. The number of nitrogens with zero attached hydrogens (tertiary/aromatic N) is 3. The van der Waals surface area contributed by atoms with Gasteiger partial charge >= 0.3 is 0 Å². The molecular formula is C27H31N5O3. The molecule has 0 spiro atoms. The Kier molecular flexibility index (Phi) is 6.30. The van der Waals surface area contributed by atoms with E-state index >= 15 is 0 Å². The summed E-state index contributed by atoms with van der Waals surface area (Å²) in [6.45, 7) is 5.61. The second kappa shape index (κ2) is 9.54. The number of hydrogen-bond acceptors (Lipinski definition) is 5. The van der Waals surface area contributed by atoms with Crippen LogP contribution in [0, 0.1) is 0 Å². The highest BCUT2D eigenvalue weighted by atomic mass is 16.5. The molecule has 35 heavy (non-hydrogen) atoms. The summed E-state index contributed by atoms with van der Waals surface area (Å²) in [6, 6.07) is 11.4. The van der Waals surface area contributed by atoms with Crippen LogP contribution in [0.25, 0.3) is 11.1 Å². The average molecular weight is 474 g/mol. The van der Waals surface area contributed by atoms with Crippen molar-refractivity contribution in [2.75, 3.05) is 18.0 Å². The molecule has 2 aromatic carbocycles. The molecule has 1 fully saturated rings. The van der Waals surface area contributed by atoms with Crippen molar-refractivity contribution >= 4 is 17.5 Å². The second-order valence-corrected chi connectivity index (χ2v) is 9.37. The van der Waals surface area contributed by atoms with Gasteiger partial charge in [-0.15, -0.1) is 0 Å². The molecule has 2 aliphatic heterocycles. The van der Waals surface area contributed by atoms with Crippen molar-refractivity contribution in [3.05, 3.63) is 59.9 Å². The van der Waals surface area contributed by atoms with Gasteiger partial charge in [-0.05, 0) is 70.0 Å². The summed E-state index contributed by atoms with van der Waals surface area (Å²) in [6.07, 6.45) is 7.57. The molecular weight excluding hydrogens is 442 g/mol. The molecule has 0 bridgehead atoms. The topological polar surface area (TPSA) is 102 Å². The molecule has 1 atom stereocenters. The molecule has 3 N–H and O–H groups in total. The number of rotatable bonds is 5. The van der Waals surface area contributed by atoms with Crippen LogP contribution < -0.4 is 20.7 Å². The van der Waals surface area contributed by atoms with Crippen molar-refractivity contribution in [2.45, 2.75) is 51.6 Å². The third-order valence-corrected chi connectivity index (χ3v) is 7.05. The molecule has 5 rings (SSSR count). The number of nitrogens with one attached hydrogen (secondary N) is 1. The van der Waals surface area contributed by atoms with Crippen LogP contribution in [0.5, 0.6) is 11.5 Å². The first-order chi connectivity index (χ1) is 16.9. The second-order valence-electron chi connectivity index (χ2n) is 9.37. The summed E-state index contributed by atoms with van der Waals surface area (Å²) in [5, 5.41) is 8.07. The van der Waals surface area contributed by atoms with Crippen molar-refractivity contribution in [1.29, 1.82) is 0 Å². The Labute approximate surface area is 205 Å². The maximum Gasteiger partial charge on any atom is 0.252 e. The first kappa shape index (κ1) is 23.1. The maximum atomic E-state index is 12.5. The fourth-order valence-corrected chi connectivity index (χ4v) is 5.25. The Morgan fingerprint density at radius 1 is 1.11 bits per heavy atom. The number of piperidine rings is 1. The Bertz CT molecular complexity index is 1260. The van der Waals surface area contributed by atoms with Gasteiger partial charge in [-0.2, -0.15) is 5.10 Å². The predicted molar refractivity (Wildman–Crippen MR) is 135 cm³/mol. The van der Waals surface area contributed by atoms with Gasteiger partial charge < -0.3 is 20.7 Å². The van der Waals surface area contributed by atoms with E-state index in [0.29, 0.717) is 23.1 Å². The highest BCUT2D eigenvalue weighted by Crippen LogP contribution is 2.45. The number of ether oxygens (including phenoxy) is 1. The standard InChI is InChI=1S/C27H31N5O3/c1-17-7-8-22-24(32(17)18(2)33)10-9-21(19-15-30-31(16-19)20-11-13-29-14-12-20)26(22)35-25-6-4-3-5-23(25)27(28)34/h3-6,9-10,15-17,20,29H,7-8,11-14H2,1-2H3,(H2,28,34). The summed E-state index contributed by atoms with van der Waals surface area (Å²) < 4.78 is 8.53. The SMILES string of the molecule is CC(=O)N1c2ccc(-c3cnn(C4CCNCC4)c3)c(Oc3ccccc3C(N)=O)c2CCC1C. The minimum atomic E-state index is -0.551. The van der Waals surface area contributed by atoms with E-state index in [1.165, 1.54) is 0 Å². The number of primary amides is 1. The highest BCUT2D eigenvalue weighted by molar-refractivity contribution is 5.97. The van der Waals surface area contributed by atoms with E-state index in [4.69, 9.17) is 10.5 Å². The fraction of sp³-hybridized carbons (Fsp3) is 0.370. The Hall–Kier alpha value is -3.65. The number of nitrogens with two attached hydrogens (primary N) is 1. The minimum Gasteiger partial charge on any atom is -0.456 e. The van der Waals surface area contributed by atoms with Crippen LogP contribution in [0.1, 0.15) is 55.1 Å². The summed E-state index contributed by atoms with van der Waals surface area (Å²) in [5.74, 6) is 0.477. The first-order valence-electron chi connectivity index (χ1n) is 12.2. The van der Waals surface area contributed by atoms with Crippen LogP contribution in [0.3, 0.4) is 0 Å². The summed E-state index contributed by atoms with van der Waals surface area (Å²) in [7, 11) is 0. The fourth-order valence-electron chi connectivity index (χ4n) is 5.25. The molecule has 3 aromatic rings. The smallest absolute Gasteiger partial charge is 0.252 e. The lowest BCUT2D eigenvalue weighted by Gasteiger charge is -2.36. The van der Waals surface area contributed by atoms with Gasteiger partial charge in [0.05, 0.1) is 23.5 Å². The molecule has 1 saturated heterocycles. The van der Waals surface area contributed by atoms with E-state index in [0.717, 1.165) is 61.2 Å². The number of benzene rings is 2.